The highest BCUT2D eigenvalue weighted by Gasteiger charge is 2.07. The minimum atomic E-state index is -0.240. The molecule has 0 aliphatic rings. The van der Waals surface area contributed by atoms with Crippen molar-refractivity contribution >= 4 is 5.91 Å². The van der Waals surface area contributed by atoms with Crippen molar-refractivity contribution in [2.24, 2.45) is 0 Å². The fourth-order valence-corrected chi connectivity index (χ4v) is 2.37. The quantitative estimate of drug-likeness (QED) is 0.690. The van der Waals surface area contributed by atoms with Crippen LogP contribution in [0.2, 0.25) is 0 Å². The Bertz CT molecular complexity index is 917. The van der Waals surface area contributed by atoms with Crippen molar-refractivity contribution in [2.45, 2.75) is 13.5 Å². The summed E-state index contributed by atoms with van der Waals surface area (Å²) >= 11 is 0. The Labute approximate surface area is 150 Å². The van der Waals surface area contributed by atoms with Crippen molar-refractivity contribution in [3.8, 4) is 11.6 Å². The molecule has 0 aliphatic heterocycles. The SMILES string of the molecule is CCOc1ccc(C(=O)NCCn2nc(-n3cccn3)ccc2=O)cc1. The molecule has 0 atom stereocenters. The van der Waals surface area contributed by atoms with Crippen LogP contribution >= 0.6 is 0 Å². The van der Waals surface area contributed by atoms with Crippen molar-refractivity contribution < 1.29 is 9.53 Å². The smallest absolute Gasteiger partial charge is 0.266 e. The lowest BCUT2D eigenvalue weighted by Gasteiger charge is -2.09. The summed E-state index contributed by atoms with van der Waals surface area (Å²) in [6.07, 6.45) is 3.37. The molecule has 8 nitrogen and oxygen atoms in total. The van der Waals surface area contributed by atoms with Crippen LogP contribution in [0.1, 0.15) is 17.3 Å². The van der Waals surface area contributed by atoms with Gasteiger partial charge in [0.2, 0.25) is 0 Å². The maximum Gasteiger partial charge on any atom is 0.266 e. The van der Waals surface area contributed by atoms with Crippen LogP contribution < -0.4 is 15.6 Å². The number of aromatic nitrogens is 4. The van der Waals surface area contributed by atoms with Gasteiger partial charge in [-0.15, -0.1) is 5.10 Å². The first-order valence-corrected chi connectivity index (χ1v) is 8.26. The van der Waals surface area contributed by atoms with E-state index in [9.17, 15) is 9.59 Å². The van der Waals surface area contributed by atoms with E-state index in [1.54, 1.807) is 53.5 Å². The van der Waals surface area contributed by atoms with Crippen LogP contribution in [0.5, 0.6) is 5.75 Å². The van der Waals surface area contributed by atoms with Gasteiger partial charge in [0.25, 0.3) is 11.5 Å². The third kappa shape index (κ3) is 4.15. The van der Waals surface area contributed by atoms with Gasteiger partial charge in [-0.3, -0.25) is 9.59 Å². The number of ether oxygens (including phenoxy) is 1. The Balaban J connectivity index is 1.60. The number of carbonyl (C=O) groups excluding carboxylic acids is 1. The van der Waals surface area contributed by atoms with E-state index in [1.165, 1.54) is 10.7 Å². The van der Waals surface area contributed by atoms with E-state index in [2.05, 4.69) is 15.5 Å². The predicted molar refractivity (Wildman–Crippen MR) is 95.6 cm³/mol. The molecule has 0 radical (unpaired) electrons. The number of carbonyl (C=O) groups is 1. The fourth-order valence-electron chi connectivity index (χ4n) is 2.37. The van der Waals surface area contributed by atoms with E-state index >= 15 is 0 Å². The Morgan fingerprint density at radius 1 is 1.19 bits per heavy atom. The second-order valence-corrected chi connectivity index (χ2v) is 5.42. The van der Waals surface area contributed by atoms with Crippen molar-refractivity contribution in [3.63, 3.8) is 0 Å². The molecule has 0 saturated heterocycles. The zero-order chi connectivity index (χ0) is 18.4. The van der Waals surface area contributed by atoms with Gasteiger partial charge in [-0.1, -0.05) is 0 Å². The Kier molecular flexibility index (Phi) is 5.43. The molecular formula is C18H19N5O3. The number of nitrogens with one attached hydrogen (secondary N) is 1. The van der Waals surface area contributed by atoms with Crippen LogP contribution in [0.3, 0.4) is 0 Å². The molecule has 0 spiro atoms. The Morgan fingerprint density at radius 2 is 2.00 bits per heavy atom. The summed E-state index contributed by atoms with van der Waals surface area (Å²) in [4.78, 5) is 24.1. The molecule has 0 saturated carbocycles. The normalized spacial score (nSPS) is 10.5. The van der Waals surface area contributed by atoms with Crippen LogP contribution in [-0.4, -0.2) is 38.6 Å². The minimum Gasteiger partial charge on any atom is -0.494 e. The van der Waals surface area contributed by atoms with Crippen LogP contribution in [0.4, 0.5) is 0 Å². The second kappa shape index (κ2) is 8.11. The summed E-state index contributed by atoms with van der Waals surface area (Å²) in [7, 11) is 0. The number of amides is 1. The molecule has 26 heavy (non-hydrogen) atoms. The van der Waals surface area contributed by atoms with E-state index in [4.69, 9.17) is 4.74 Å². The van der Waals surface area contributed by atoms with E-state index < -0.39 is 0 Å². The van der Waals surface area contributed by atoms with Gasteiger partial charge in [0.15, 0.2) is 5.82 Å². The second-order valence-electron chi connectivity index (χ2n) is 5.42. The summed E-state index contributed by atoms with van der Waals surface area (Å²) in [5, 5.41) is 11.1. The third-order valence-electron chi connectivity index (χ3n) is 3.63. The molecule has 1 N–H and O–H groups in total. The number of hydrogen-bond acceptors (Lipinski definition) is 5. The lowest BCUT2D eigenvalue weighted by atomic mass is 10.2. The summed E-state index contributed by atoms with van der Waals surface area (Å²) < 4.78 is 8.21. The van der Waals surface area contributed by atoms with Gasteiger partial charge in [-0.2, -0.15) is 5.10 Å². The topological polar surface area (TPSA) is 91.0 Å². The summed E-state index contributed by atoms with van der Waals surface area (Å²) in [5.41, 5.74) is 0.287. The summed E-state index contributed by atoms with van der Waals surface area (Å²) in [5.74, 6) is 1.03. The zero-order valence-electron chi connectivity index (χ0n) is 14.3. The molecule has 0 aliphatic carbocycles. The number of benzene rings is 1. The maximum atomic E-state index is 12.2. The molecule has 1 aromatic carbocycles. The average molecular weight is 353 g/mol. The molecule has 134 valence electrons. The molecule has 2 aromatic heterocycles. The maximum absolute atomic E-state index is 12.2. The van der Waals surface area contributed by atoms with E-state index in [-0.39, 0.29) is 24.6 Å². The number of rotatable bonds is 7. The van der Waals surface area contributed by atoms with Crippen LogP contribution in [0, 0.1) is 0 Å². The first-order chi connectivity index (χ1) is 12.7. The largest absolute Gasteiger partial charge is 0.494 e. The summed E-state index contributed by atoms with van der Waals surface area (Å²) in [6, 6.07) is 11.7. The standard InChI is InChI=1S/C18H19N5O3/c1-2-26-15-6-4-14(5-7-15)18(25)19-11-13-23-17(24)9-8-16(21-23)22-12-3-10-20-22/h3-10,12H,2,11,13H2,1H3,(H,19,25). The Morgan fingerprint density at radius 3 is 2.69 bits per heavy atom. The molecule has 0 fully saturated rings. The van der Waals surface area contributed by atoms with Crippen molar-refractivity contribution in [3.05, 3.63) is 70.8 Å². The first kappa shape index (κ1) is 17.4. The third-order valence-corrected chi connectivity index (χ3v) is 3.63. The Hall–Kier alpha value is -3.42. The van der Waals surface area contributed by atoms with Gasteiger partial charge in [0, 0.05) is 30.6 Å². The van der Waals surface area contributed by atoms with Gasteiger partial charge in [0.05, 0.1) is 13.2 Å². The molecule has 3 aromatic rings. The molecule has 0 unspecified atom stereocenters. The van der Waals surface area contributed by atoms with Gasteiger partial charge < -0.3 is 10.1 Å². The van der Waals surface area contributed by atoms with Gasteiger partial charge in [0.1, 0.15) is 5.75 Å². The lowest BCUT2D eigenvalue weighted by Crippen LogP contribution is -2.32. The lowest BCUT2D eigenvalue weighted by molar-refractivity contribution is 0.0951. The highest BCUT2D eigenvalue weighted by Crippen LogP contribution is 2.11. The zero-order valence-corrected chi connectivity index (χ0v) is 14.3. The van der Waals surface area contributed by atoms with Crippen LogP contribution in [0.15, 0.2) is 59.7 Å². The fraction of sp³-hybridized carbons (Fsp3) is 0.222. The van der Waals surface area contributed by atoms with Gasteiger partial charge in [-0.25, -0.2) is 9.36 Å². The van der Waals surface area contributed by atoms with E-state index in [0.717, 1.165) is 5.75 Å². The molecule has 1 amide bonds. The van der Waals surface area contributed by atoms with Crippen LogP contribution in [-0.2, 0) is 6.54 Å². The first-order valence-electron chi connectivity index (χ1n) is 8.26. The predicted octanol–water partition coefficient (Wildman–Crippen LogP) is 1.26. The van der Waals surface area contributed by atoms with Gasteiger partial charge in [-0.05, 0) is 43.3 Å². The highest BCUT2D eigenvalue weighted by atomic mass is 16.5. The average Bonchev–Trinajstić information content (AvgIpc) is 3.19. The van der Waals surface area contributed by atoms with Crippen molar-refractivity contribution in [2.75, 3.05) is 13.2 Å². The molecule has 8 heteroatoms. The molecular weight excluding hydrogens is 334 g/mol. The molecule has 0 bridgehead atoms. The molecule has 2 heterocycles. The number of hydrogen-bond donors (Lipinski definition) is 1. The minimum absolute atomic E-state index is 0.218. The monoisotopic (exact) mass is 353 g/mol. The number of nitrogens with zero attached hydrogens (tertiary/aromatic N) is 4. The van der Waals surface area contributed by atoms with E-state index in [1.807, 2.05) is 6.92 Å². The summed E-state index contributed by atoms with van der Waals surface area (Å²) in [6.45, 7) is 3.01. The highest BCUT2D eigenvalue weighted by molar-refractivity contribution is 5.94. The molecule has 3 rings (SSSR count). The van der Waals surface area contributed by atoms with Crippen molar-refractivity contribution in [1.29, 1.82) is 0 Å². The van der Waals surface area contributed by atoms with E-state index in [0.29, 0.717) is 18.0 Å². The van der Waals surface area contributed by atoms with Gasteiger partial charge >= 0.3 is 0 Å². The van der Waals surface area contributed by atoms with Crippen molar-refractivity contribution in [1.82, 2.24) is 24.9 Å². The van der Waals surface area contributed by atoms with Crippen LogP contribution in [0.25, 0.3) is 5.82 Å².